The molecule has 0 atom stereocenters. The average Bonchev–Trinajstić information content (AvgIpc) is 3.52. The number of amides is 1. The van der Waals surface area contributed by atoms with E-state index in [1.54, 1.807) is 48.5 Å². The van der Waals surface area contributed by atoms with Crippen LogP contribution in [0.4, 0.5) is 5.69 Å². The maximum absolute atomic E-state index is 13.7. The van der Waals surface area contributed by atoms with Gasteiger partial charge in [0.2, 0.25) is 6.79 Å². The van der Waals surface area contributed by atoms with E-state index in [1.807, 2.05) is 60.4 Å². The van der Waals surface area contributed by atoms with Crippen LogP contribution in [0.15, 0.2) is 102 Å². The lowest BCUT2D eigenvalue weighted by molar-refractivity contribution is -0.135. The number of rotatable bonds is 10. The molecule has 0 spiro atoms. The Kier molecular flexibility index (Phi) is 8.72. The summed E-state index contributed by atoms with van der Waals surface area (Å²) in [7, 11) is -3.83. The lowest BCUT2D eigenvalue weighted by atomic mass is 10.1. The molecule has 0 saturated carbocycles. The lowest BCUT2D eigenvalue weighted by Gasteiger charge is -2.34. The highest BCUT2D eigenvalue weighted by molar-refractivity contribution is 7.92. The van der Waals surface area contributed by atoms with Gasteiger partial charge in [-0.1, -0.05) is 54.1 Å². The van der Waals surface area contributed by atoms with Crippen LogP contribution < -0.4 is 18.5 Å². The van der Waals surface area contributed by atoms with Crippen molar-refractivity contribution in [2.45, 2.75) is 24.9 Å². The van der Waals surface area contributed by atoms with Crippen molar-refractivity contribution in [2.75, 3.05) is 43.9 Å². The highest BCUT2D eigenvalue weighted by Crippen LogP contribution is 2.33. The third-order valence-corrected chi connectivity index (χ3v) is 9.62. The highest BCUT2D eigenvalue weighted by atomic mass is 32.2. The summed E-state index contributed by atoms with van der Waals surface area (Å²) in [5.74, 6) is 1.97. The molecule has 0 radical (unpaired) electrons. The van der Waals surface area contributed by atoms with E-state index in [0.29, 0.717) is 24.5 Å². The predicted octanol–water partition coefficient (Wildman–Crippen LogP) is 4.84. The van der Waals surface area contributed by atoms with Gasteiger partial charge in [0.1, 0.15) is 5.75 Å². The fourth-order valence-corrected chi connectivity index (χ4v) is 6.75. The Morgan fingerprint density at radius 2 is 1.52 bits per heavy atom. The molecule has 1 amide bonds. The molecule has 10 heteroatoms. The molecule has 0 aliphatic carbocycles. The van der Waals surface area contributed by atoms with Crippen LogP contribution in [-0.4, -0.2) is 63.7 Å². The first kappa shape index (κ1) is 29.5. The smallest absolute Gasteiger partial charge is 0.264 e. The number of benzene rings is 4. The molecule has 9 nitrogen and oxygen atoms in total. The van der Waals surface area contributed by atoms with E-state index in [1.165, 1.54) is 4.31 Å². The van der Waals surface area contributed by atoms with Gasteiger partial charge in [0.15, 0.2) is 18.1 Å². The van der Waals surface area contributed by atoms with Crippen LogP contribution in [0.25, 0.3) is 0 Å². The lowest BCUT2D eigenvalue weighted by Crippen LogP contribution is -2.49. The molecule has 1 fully saturated rings. The molecule has 4 aromatic carbocycles. The normalized spacial score (nSPS) is 14.8. The van der Waals surface area contributed by atoms with Crippen molar-refractivity contribution in [3.05, 3.63) is 114 Å². The molecular weight excluding hydrogens is 578 g/mol. The van der Waals surface area contributed by atoms with Crippen LogP contribution in [0, 0.1) is 6.92 Å². The number of sulfonamides is 1. The van der Waals surface area contributed by atoms with Gasteiger partial charge in [-0.3, -0.25) is 14.0 Å². The molecule has 2 aliphatic heterocycles. The van der Waals surface area contributed by atoms with Crippen molar-refractivity contribution < 1.29 is 27.4 Å². The molecule has 0 unspecified atom stereocenters. The number of fused-ring (bicyclic) bond motifs is 1. The number of nitrogens with zero attached hydrogens (tertiary/aromatic N) is 3. The van der Waals surface area contributed by atoms with E-state index in [9.17, 15) is 13.2 Å². The minimum atomic E-state index is -3.83. The minimum absolute atomic E-state index is 0.0792. The second-order valence-electron chi connectivity index (χ2n) is 10.9. The van der Waals surface area contributed by atoms with Gasteiger partial charge in [0.25, 0.3) is 15.9 Å². The summed E-state index contributed by atoms with van der Waals surface area (Å²) in [6.07, 6.45) is 0. The number of ether oxygens (including phenoxy) is 3. The molecule has 1 saturated heterocycles. The van der Waals surface area contributed by atoms with Crippen molar-refractivity contribution in [1.29, 1.82) is 0 Å². The first-order chi connectivity index (χ1) is 21.3. The molecular formula is C34H35N3O6S. The SMILES string of the molecule is Cc1ccc(S(=O)(=O)N(Cc2ccccc2)c2ccc(OCC(=O)N3CCN(Cc4ccc5c(c4)OCO5)CC3)cc2)cc1. The topological polar surface area (TPSA) is 88.6 Å². The Bertz CT molecular complexity index is 1690. The average molecular weight is 614 g/mol. The van der Waals surface area contributed by atoms with Crippen molar-refractivity contribution in [1.82, 2.24) is 9.80 Å². The van der Waals surface area contributed by atoms with Crippen molar-refractivity contribution >= 4 is 21.6 Å². The van der Waals surface area contributed by atoms with E-state index in [2.05, 4.69) is 4.90 Å². The van der Waals surface area contributed by atoms with Gasteiger partial charge < -0.3 is 19.1 Å². The summed E-state index contributed by atoms with van der Waals surface area (Å²) in [6, 6.07) is 29.1. The number of hydrogen-bond donors (Lipinski definition) is 0. The van der Waals surface area contributed by atoms with Crippen LogP contribution in [0.2, 0.25) is 0 Å². The van der Waals surface area contributed by atoms with Crippen molar-refractivity contribution in [3.8, 4) is 17.2 Å². The zero-order valence-corrected chi connectivity index (χ0v) is 25.4. The largest absolute Gasteiger partial charge is 0.484 e. The van der Waals surface area contributed by atoms with Crippen LogP contribution in [0.5, 0.6) is 17.2 Å². The van der Waals surface area contributed by atoms with E-state index >= 15 is 0 Å². The summed E-state index contributed by atoms with van der Waals surface area (Å²) >= 11 is 0. The summed E-state index contributed by atoms with van der Waals surface area (Å²) in [4.78, 5) is 17.3. The minimum Gasteiger partial charge on any atom is -0.484 e. The van der Waals surface area contributed by atoms with Crippen LogP contribution in [0.1, 0.15) is 16.7 Å². The molecule has 0 N–H and O–H groups in total. The molecule has 2 heterocycles. The first-order valence-corrected chi connectivity index (χ1v) is 16.0. The van der Waals surface area contributed by atoms with Gasteiger partial charge in [-0.25, -0.2) is 8.42 Å². The summed E-state index contributed by atoms with van der Waals surface area (Å²) in [6.45, 7) is 5.83. The number of anilines is 1. The fourth-order valence-electron chi connectivity index (χ4n) is 5.30. The Labute approximate surface area is 258 Å². The monoisotopic (exact) mass is 613 g/mol. The Morgan fingerprint density at radius 1 is 0.818 bits per heavy atom. The third-order valence-electron chi connectivity index (χ3n) is 7.83. The predicted molar refractivity (Wildman–Crippen MR) is 167 cm³/mol. The van der Waals surface area contributed by atoms with Crippen molar-refractivity contribution in [3.63, 3.8) is 0 Å². The van der Waals surface area contributed by atoms with Gasteiger partial charge >= 0.3 is 0 Å². The van der Waals surface area contributed by atoms with E-state index in [-0.39, 0.29) is 30.7 Å². The second kappa shape index (κ2) is 13.0. The Hall–Kier alpha value is -4.54. The Morgan fingerprint density at radius 3 is 2.25 bits per heavy atom. The number of piperazine rings is 1. The zero-order valence-electron chi connectivity index (χ0n) is 24.6. The van der Waals surface area contributed by atoms with E-state index < -0.39 is 10.0 Å². The van der Waals surface area contributed by atoms with Gasteiger partial charge in [0, 0.05) is 32.7 Å². The van der Waals surface area contributed by atoms with Crippen molar-refractivity contribution in [2.24, 2.45) is 0 Å². The third kappa shape index (κ3) is 6.82. The van der Waals surface area contributed by atoms with Gasteiger partial charge in [0.05, 0.1) is 17.1 Å². The molecule has 44 heavy (non-hydrogen) atoms. The summed E-state index contributed by atoms with van der Waals surface area (Å²) in [5, 5.41) is 0. The Balaban J connectivity index is 1.05. The van der Waals surface area contributed by atoms with Crippen LogP contribution >= 0.6 is 0 Å². The van der Waals surface area contributed by atoms with Gasteiger partial charge in [-0.2, -0.15) is 0 Å². The molecule has 0 bridgehead atoms. The molecule has 2 aliphatic rings. The zero-order chi connectivity index (χ0) is 30.5. The first-order valence-electron chi connectivity index (χ1n) is 14.6. The quantitative estimate of drug-likeness (QED) is 0.253. The molecule has 4 aromatic rings. The highest BCUT2D eigenvalue weighted by Gasteiger charge is 2.26. The van der Waals surface area contributed by atoms with E-state index in [0.717, 1.165) is 47.8 Å². The second-order valence-corrected chi connectivity index (χ2v) is 12.8. The summed E-state index contributed by atoms with van der Waals surface area (Å²) in [5.41, 5.74) is 3.50. The number of carbonyl (C=O) groups excluding carboxylic acids is 1. The van der Waals surface area contributed by atoms with Gasteiger partial charge in [-0.15, -0.1) is 0 Å². The summed E-state index contributed by atoms with van der Waals surface area (Å²) < 4.78 is 45.5. The van der Waals surface area contributed by atoms with E-state index in [4.69, 9.17) is 14.2 Å². The standard InChI is InChI=1S/C34H35N3O6S/c1-26-7-14-31(15-8-26)44(39,40)37(23-27-5-3-2-4-6-27)29-10-12-30(13-11-29)41-24-34(38)36-19-17-35(18-20-36)22-28-9-16-32-33(21-28)43-25-42-32/h2-16,21H,17-20,22-25H2,1H3. The number of hydrogen-bond acceptors (Lipinski definition) is 7. The maximum atomic E-state index is 13.7. The fraction of sp³-hybridized carbons (Fsp3) is 0.265. The van der Waals surface area contributed by atoms with Crippen LogP contribution in [-0.2, 0) is 27.9 Å². The number of carbonyl (C=O) groups is 1. The molecule has 6 rings (SSSR count). The van der Waals surface area contributed by atoms with Gasteiger partial charge in [-0.05, 0) is 66.6 Å². The maximum Gasteiger partial charge on any atom is 0.264 e. The molecule has 0 aromatic heterocycles. The number of aryl methyl sites for hydroxylation is 1. The molecule has 228 valence electrons. The van der Waals surface area contributed by atoms with Crippen LogP contribution in [0.3, 0.4) is 0 Å².